The highest BCUT2D eigenvalue weighted by molar-refractivity contribution is 7.98. The van der Waals surface area contributed by atoms with E-state index in [4.69, 9.17) is 11.6 Å². The molecular formula is C13H14ClN3S. The van der Waals surface area contributed by atoms with Gasteiger partial charge < -0.3 is 5.32 Å². The second-order valence-electron chi connectivity index (χ2n) is 3.87. The minimum Gasteiger partial charge on any atom is -0.357 e. The van der Waals surface area contributed by atoms with Crippen LogP contribution in [0.1, 0.15) is 11.1 Å². The molecule has 0 atom stereocenters. The molecule has 0 unspecified atom stereocenters. The molecule has 1 aromatic heterocycles. The van der Waals surface area contributed by atoms with Crippen LogP contribution in [0, 0.1) is 6.92 Å². The summed E-state index contributed by atoms with van der Waals surface area (Å²) >= 11 is 7.69. The second kappa shape index (κ2) is 6.07. The van der Waals surface area contributed by atoms with Gasteiger partial charge in [-0.25, -0.2) is 9.97 Å². The monoisotopic (exact) mass is 279 g/mol. The largest absolute Gasteiger partial charge is 0.357 e. The molecule has 94 valence electrons. The molecule has 2 aromatic rings. The van der Waals surface area contributed by atoms with E-state index in [2.05, 4.69) is 46.5 Å². The Kier molecular flexibility index (Phi) is 4.44. The van der Waals surface area contributed by atoms with Gasteiger partial charge in [0.2, 0.25) is 5.95 Å². The highest BCUT2D eigenvalue weighted by Crippen LogP contribution is 2.28. The number of aryl methyl sites for hydroxylation is 1. The Morgan fingerprint density at radius 2 is 2.22 bits per heavy atom. The van der Waals surface area contributed by atoms with E-state index >= 15 is 0 Å². The van der Waals surface area contributed by atoms with E-state index in [-0.39, 0.29) is 0 Å². The SMILES string of the molecule is CNc1ncc(Cl)c(SCc2cccc(C)c2)n1. The summed E-state index contributed by atoms with van der Waals surface area (Å²) in [5, 5.41) is 4.30. The minimum absolute atomic E-state index is 0.589. The first-order chi connectivity index (χ1) is 8.69. The Morgan fingerprint density at radius 3 is 2.94 bits per heavy atom. The average molecular weight is 280 g/mol. The number of thioether (sulfide) groups is 1. The summed E-state index contributed by atoms with van der Waals surface area (Å²) in [5.74, 6) is 1.44. The van der Waals surface area contributed by atoms with Crippen LogP contribution in [-0.4, -0.2) is 17.0 Å². The van der Waals surface area contributed by atoms with Crippen molar-refractivity contribution in [1.29, 1.82) is 0 Å². The van der Waals surface area contributed by atoms with Gasteiger partial charge in [-0.2, -0.15) is 0 Å². The van der Waals surface area contributed by atoms with Crippen molar-refractivity contribution in [2.45, 2.75) is 17.7 Å². The van der Waals surface area contributed by atoms with E-state index in [1.54, 1.807) is 25.0 Å². The van der Waals surface area contributed by atoms with Crippen LogP contribution in [0.3, 0.4) is 0 Å². The van der Waals surface area contributed by atoms with Crippen molar-refractivity contribution in [2.75, 3.05) is 12.4 Å². The van der Waals surface area contributed by atoms with Gasteiger partial charge in [0.1, 0.15) is 5.03 Å². The van der Waals surface area contributed by atoms with Crippen molar-refractivity contribution < 1.29 is 0 Å². The van der Waals surface area contributed by atoms with Gasteiger partial charge in [0, 0.05) is 12.8 Å². The van der Waals surface area contributed by atoms with Gasteiger partial charge >= 0.3 is 0 Å². The molecule has 1 N–H and O–H groups in total. The van der Waals surface area contributed by atoms with Gasteiger partial charge in [-0.3, -0.25) is 0 Å². The van der Waals surface area contributed by atoms with Crippen molar-refractivity contribution in [3.8, 4) is 0 Å². The maximum absolute atomic E-state index is 6.08. The lowest BCUT2D eigenvalue weighted by molar-refractivity contribution is 1.04. The number of nitrogens with zero attached hydrogens (tertiary/aromatic N) is 2. The fourth-order valence-electron chi connectivity index (χ4n) is 1.53. The summed E-state index contributed by atoms with van der Waals surface area (Å²) in [7, 11) is 1.79. The van der Waals surface area contributed by atoms with Crippen molar-refractivity contribution in [3.63, 3.8) is 0 Å². The summed E-state index contributed by atoms with van der Waals surface area (Å²) in [5.41, 5.74) is 2.53. The van der Waals surface area contributed by atoms with Gasteiger partial charge in [0.05, 0.1) is 11.2 Å². The molecule has 0 radical (unpaired) electrons. The fourth-order valence-corrected chi connectivity index (χ4v) is 2.61. The van der Waals surface area contributed by atoms with Crippen LogP contribution < -0.4 is 5.32 Å². The molecule has 0 aliphatic heterocycles. The molecule has 0 aliphatic rings. The predicted octanol–water partition coefficient (Wildman–Crippen LogP) is 3.77. The van der Waals surface area contributed by atoms with Gasteiger partial charge in [-0.15, -0.1) is 0 Å². The molecule has 18 heavy (non-hydrogen) atoms. The van der Waals surface area contributed by atoms with Crippen LogP contribution in [0.4, 0.5) is 5.95 Å². The number of benzene rings is 1. The number of rotatable bonds is 4. The van der Waals surface area contributed by atoms with E-state index < -0.39 is 0 Å². The first kappa shape index (κ1) is 13.2. The van der Waals surface area contributed by atoms with E-state index in [1.165, 1.54) is 11.1 Å². The molecule has 0 fully saturated rings. The number of nitrogens with one attached hydrogen (secondary N) is 1. The maximum atomic E-state index is 6.08. The zero-order valence-electron chi connectivity index (χ0n) is 10.3. The van der Waals surface area contributed by atoms with Crippen molar-refractivity contribution in [2.24, 2.45) is 0 Å². The van der Waals surface area contributed by atoms with Gasteiger partial charge in [0.25, 0.3) is 0 Å². The first-order valence-corrected chi connectivity index (χ1v) is 6.94. The van der Waals surface area contributed by atoms with E-state index in [9.17, 15) is 0 Å². The maximum Gasteiger partial charge on any atom is 0.223 e. The summed E-state index contributed by atoms with van der Waals surface area (Å²) in [6.07, 6.45) is 1.62. The molecule has 1 aromatic carbocycles. The number of anilines is 1. The van der Waals surface area contributed by atoms with Crippen LogP contribution >= 0.6 is 23.4 Å². The Bertz CT molecular complexity index is 546. The molecule has 0 saturated carbocycles. The average Bonchev–Trinajstić information content (AvgIpc) is 2.38. The Hall–Kier alpha value is -1.26. The predicted molar refractivity (Wildman–Crippen MR) is 77.3 cm³/mol. The van der Waals surface area contributed by atoms with E-state index in [0.717, 1.165) is 10.8 Å². The first-order valence-electron chi connectivity index (χ1n) is 5.57. The summed E-state index contributed by atoms with van der Waals surface area (Å²) in [6.45, 7) is 2.09. The molecule has 0 saturated heterocycles. The highest BCUT2D eigenvalue weighted by atomic mass is 35.5. The summed E-state index contributed by atoms with van der Waals surface area (Å²) < 4.78 is 0. The number of hydrogen-bond donors (Lipinski definition) is 1. The summed E-state index contributed by atoms with van der Waals surface area (Å²) in [6, 6.07) is 8.42. The topological polar surface area (TPSA) is 37.8 Å². The molecule has 0 amide bonds. The molecule has 0 bridgehead atoms. The van der Waals surface area contributed by atoms with Crippen LogP contribution in [-0.2, 0) is 5.75 Å². The standard InChI is InChI=1S/C13H14ClN3S/c1-9-4-3-5-10(6-9)8-18-12-11(14)7-16-13(15-2)17-12/h3-7H,8H2,1-2H3,(H,15,16,17). The van der Waals surface area contributed by atoms with Gasteiger partial charge in [-0.05, 0) is 12.5 Å². The van der Waals surface area contributed by atoms with Crippen molar-refractivity contribution in [1.82, 2.24) is 9.97 Å². The zero-order valence-corrected chi connectivity index (χ0v) is 11.8. The van der Waals surface area contributed by atoms with Crippen molar-refractivity contribution >= 4 is 29.3 Å². The number of halogens is 1. The quantitative estimate of drug-likeness (QED) is 0.683. The molecule has 0 spiro atoms. The third-order valence-electron chi connectivity index (χ3n) is 2.39. The number of aromatic nitrogens is 2. The van der Waals surface area contributed by atoms with Crippen molar-refractivity contribution in [3.05, 3.63) is 46.6 Å². The van der Waals surface area contributed by atoms with E-state index in [0.29, 0.717) is 11.0 Å². The normalized spacial score (nSPS) is 10.4. The lowest BCUT2D eigenvalue weighted by Gasteiger charge is -2.06. The number of hydrogen-bond acceptors (Lipinski definition) is 4. The van der Waals surface area contributed by atoms with Gasteiger partial charge in [-0.1, -0.05) is 53.2 Å². The molecule has 2 rings (SSSR count). The van der Waals surface area contributed by atoms with Gasteiger partial charge in [0.15, 0.2) is 0 Å². The Labute approximate surface area is 116 Å². The van der Waals surface area contributed by atoms with E-state index in [1.807, 2.05) is 0 Å². The summed E-state index contributed by atoms with van der Waals surface area (Å²) in [4.78, 5) is 8.40. The Balaban J connectivity index is 2.10. The molecule has 3 nitrogen and oxygen atoms in total. The third kappa shape index (κ3) is 3.37. The molecule has 0 aliphatic carbocycles. The van der Waals surface area contributed by atoms with Crippen LogP contribution in [0.2, 0.25) is 5.02 Å². The molecular weight excluding hydrogens is 266 g/mol. The third-order valence-corrected chi connectivity index (χ3v) is 3.84. The minimum atomic E-state index is 0.589. The van der Waals surface area contributed by atoms with Crippen LogP contribution in [0.15, 0.2) is 35.5 Å². The lowest BCUT2D eigenvalue weighted by Crippen LogP contribution is -1.97. The lowest BCUT2D eigenvalue weighted by atomic mass is 10.2. The smallest absolute Gasteiger partial charge is 0.223 e. The molecule has 5 heteroatoms. The van der Waals surface area contributed by atoms with Crippen LogP contribution in [0.25, 0.3) is 0 Å². The molecule has 1 heterocycles. The highest BCUT2D eigenvalue weighted by Gasteiger charge is 2.06. The fraction of sp³-hybridized carbons (Fsp3) is 0.231. The zero-order chi connectivity index (χ0) is 13.0. The Morgan fingerprint density at radius 1 is 1.39 bits per heavy atom. The second-order valence-corrected chi connectivity index (χ2v) is 5.25. The van der Waals surface area contributed by atoms with Crippen LogP contribution in [0.5, 0.6) is 0 Å².